The van der Waals surface area contributed by atoms with Crippen molar-refractivity contribution in [1.82, 2.24) is 15.1 Å². The molecule has 0 atom stereocenters. The first-order valence-corrected chi connectivity index (χ1v) is 10.9. The average molecular weight is 402 g/mol. The van der Waals surface area contributed by atoms with E-state index < -0.39 is 0 Å². The van der Waals surface area contributed by atoms with Crippen molar-refractivity contribution in [3.63, 3.8) is 0 Å². The SMILES string of the molecule is CC(=O)N(CCc1ccccc1)C(=S)NC(=O)N(C1CCCC1)C1CCCC1. The Hall–Kier alpha value is -1.95. The molecule has 2 fully saturated rings. The summed E-state index contributed by atoms with van der Waals surface area (Å²) < 4.78 is 0. The zero-order valence-electron chi connectivity index (χ0n) is 16.7. The fraction of sp³-hybridized carbons (Fsp3) is 0.591. The summed E-state index contributed by atoms with van der Waals surface area (Å²) >= 11 is 5.46. The molecule has 0 aliphatic heterocycles. The molecule has 0 bridgehead atoms. The predicted octanol–water partition coefficient (Wildman–Crippen LogP) is 4.26. The molecule has 0 saturated heterocycles. The Bertz CT molecular complexity index is 666. The van der Waals surface area contributed by atoms with Crippen molar-refractivity contribution in [2.45, 2.75) is 76.8 Å². The Kier molecular flexibility index (Phi) is 7.43. The number of nitrogens with one attached hydrogen (secondary N) is 1. The quantitative estimate of drug-likeness (QED) is 0.750. The summed E-state index contributed by atoms with van der Waals surface area (Å²) in [7, 11) is 0. The topological polar surface area (TPSA) is 52.7 Å². The van der Waals surface area contributed by atoms with Gasteiger partial charge in [0.2, 0.25) is 5.91 Å². The van der Waals surface area contributed by atoms with Crippen molar-refractivity contribution in [3.8, 4) is 0 Å². The first kappa shape index (κ1) is 20.8. The molecule has 1 aromatic carbocycles. The maximum atomic E-state index is 13.1. The summed E-state index contributed by atoms with van der Waals surface area (Å²) in [6, 6.07) is 10.5. The minimum Gasteiger partial charge on any atom is -0.319 e. The van der Waals surface area contributed by atoms with Crippen molar-refractivity contribution in [3.05, 3.63) is 35.9 Å². The molecule has 0 heterocycles. The van der Waals surface area contributed by atoms with E-state index in [1.807, 2.05) is 35.2 Å². The number of urea groups is 1. The van der Waals surface area contributed by atoms with Gasteiger partial charge in [0, 0.05) is 25.6 Å². The largest absolute Gasteiger partial charge is 0.324 e. The van der Waals surface area contributed by atoms with E-state index in [2.05, 4.69) is 5.32 Å². The summed E-state index contributed by atoms with van der Waals surface area (Å²) in [5.74, 6) is -0.144. The van der Waals surface area contributed by atoms with Crippen molar-refractivity contribution >= 4 is 29.3 Å². The van der Waals surface area contributed by atoms with Gasteiger partial charge in [0.1, 0.15) is 0 Å². The summed E-state index contributed by atoms with van der Waals surface area (Å²) in [5, 5.41) is 3.09. The van der Waals surface area contributed by atoms with Gasteiger partial charge in [-0.15, -0.1) is 0 Å². The van der Waals surface area contributed by atoms with Gasteiger partial charge in [-0.2, -0.15) is 0 Å². The van der Waals surface area contributed by atoms with Gasteiger partial charge >= 0.3 is 6.03 Å². The van der Waals surface area contributed by atoms with Gasteiger partial charge in [-0.25, -0.2) is 4.79 Å². The molecule has 2 saturated carbocycles. The molecule has 152 valence electrons. The number of hydrogen-bond acceptors (Lipinski definition) is 3. The standard InChI is InChI=1S/C22H31N3O2S/c1-17(26)24(16-15-18-9-3-2-4-10-18)22(28)23-21(27)25(19-11-5-6-12-19)20-13-7-8-14-20/h2-4,9-10,19-20H,5-8,11-16H2,1H3,(H,23,27,28). The van der Waals surface area contributed by atoms with Crippen LogP contribution in [0.5, 0.6) is 0 Å². The van der Waals surface area contributed by atoms with Crippen LogP contribution in [0, 0.1) is 0 Å². The molecule has 0 radical (unpaired) electrons. The zero-order chi connectivity index (χ0) is 19.9. The van der Waals surface area contributed by atoms with Crippen LogP contribution in [0.2, 0.25) is 0 Å². The second kappa shape index (κ2) is 10.0. The first-order chi connectivity index (χ1) is 13.6. The van der Waals surface area contributed by atoms with Crippen molar-refractivity contribution < 1.29 is 9.59 Å². The number of amides is 3. The highest BCUT2D eigenvalue weighted by Crippen LogP contribution is 2.31. The molecule has 1 N–H and O–H groups in total. The van der Waals surface area contributed by atoms with Crippen molar-refractivity contribution in [1.29, 1.82) is 0 Å². The number of carbonyl (C=O) groups is 2. The van der Waals surface area contributed by atoms with Gasteiger partial charge in [0.15, 0.2) is 5.11 Å². The van der Waals surface area contributed by atoms with E-state index in [9.17, 15) is 9.59 Å². The third kappa shape index (κ3) is 5.31. The molecule has 0 unspecified atom stereocenters. The molecule has 2 aliphatic rings. The molecule has 0 spiro atoms. The minimum atomic E-state index is -0.144. The lowest BCUT2D eigenvalue weighted by Gasteiger charge is -2.35. The molecule has 0 aromatic heterocycles. The van der Waals surface area contributed by atoms with Crippen LogP contribution >= 0.6 is 12.2 Å². The van der Waals surface area contributed by atoms with E-state index >= 15 is 0 Å². The zero-order valence-corrected chi connectivity index (χ0v) is 17.5. The molecule has 28 heavy (non-hydrogen) atoms. The van der Waals surface area contributed by atoms with Crippen LogP contribution < -0.4 is 5.32 Å². The number of benzene rings is 1. The van der Waals surface area contributed by atoms with Crippen LogP contribution in [0.3, 0.4) is 0 Å². The Morgan fingerprint density at radius 2 is 1.54 bits per heavy atom. The van der Waals surface area contributed by atoms with Crippen molar-refractivity contribution in [2.24, 2.45) is 0 Å². The van der Waals surface area contributed by atoms with Gasteiger partial charge in [0.25, 0.3) is 0 Å². The maximum Gasteiger partial charge on any atom is 0.324 e. The average Bonchev–Trinajstić information content (AvgIpc) is 3.37. The maximum absolute atomic E-state index is 13.1. The highest BCUT2D eigenvalue weighted by atomic mass is 32.1. The van der Waals surface area contributed by atoms with Gasteiger partial charge in [0.05, 0.1) is 0 Å². The number of hydrogen-bond donors (Lipinski definition) is 1. The number of nitrogens with zero attached hydrogens (tertiary/aromatic N) is 2. The summed E-state index contributed by atoms with van der Waals surface area (Å²) in [4.78, 5) is 28.8. The third-order valence-corrected chi connectivity index (χ3v) is 6.30. The van der Waals surface area contributed by atoms with E-state index in [1.165, 1.54) is 37.5 Å². The Labute approximate surface area is 173 Å². The van der Waals surface area contributed by atoms with E-state index in [1.54, 1.807) is 0 Å². The lowest BCUT2D eigenvalue weighted by atomic mass is 10.1. The Balaban J connectivity index is 1.63. The number of rotatable bonds is 5. The number of thiocarbonyl (C=S) groups is 1. The summed E-state index contributed by atoms with van der Waals surface area (Å²) in [6.07, 6.45) is 9.71. The lowest BCUT2D eigenvalue weighted by Crippen LogP contribution is -2.54. The van der Waals surface area contributed by atoms with E-state index in [0.29, 0.717) is 25.0 Å². The van der Waals surface area contributed by atoms with Gasteiger partial charge < -0.3 is 4.90 Å². The molecular weight excluding hydrogens is 370 g/mol. The van der Waals surface area contributed by atoms with Crippen LogP contribution in [-0.2, 0) is 11.2 Å². The fourth-order valence-electron chi connectivity index (χ4n) is 4.51. The second-order valence-corrected chi connectivity index (χ2v) is 8.31. The highest BCUT2D eigenvalue weighted by molar-refractivity contribution is 7.80. The van der Waals surface area contributed by atoms with Crippen molar-refractivity contribution in [2.75, 3.05) is 6.54 Å². The molecular formula is C22H31N3O2S. The minimum absolute atomic E-state index is 0.130. The normalized spacial score (nSPS) is 17.5. The smallest absolute Gasteiger partial charge is 0.319 e. The van der Waals surface area contributed by atoms with Crippen LogP contribution in [0.15, 0.2) is 30.3 Å². The Morgan fingerprint density at radius 1 is 1.00 bits per heavy atom. The van der Waals surface area contributed by atoms with Crippen LogP contribution in [-0.4, -0.2) is 45.5 Å². The molecule has 1 aromatic rings. The van der Waals surface area contributed by atoms with Gasteiger partial charge in [-0.05, 0) is 49.9 Å². The lowest BCUT2D eigenvalue weighted by molar-refractivity contribution is -0.125. The molecule has 3 amide bonds. The van der Waals surface area contributed by atoms with Crippen LogP contribution in [0.4, 0.5) is 4.79 Å². The van der Waals surface area contributed by atoms with E-state index in [0.717, 1.165) is 31.2 Å². The second-order valence-electron chi connectivity index (χ2n) is 7.93. The first-order valence-electron chi connectivity index (χ1n) is 10.5. The highest BCUT2D eigenvalue weighted by Gasteiger charge is 2.34. The third-order valence-electron chi connectivity index (χ3n) is 5.98. The molecule has 5 nitrogen and oxygen atoms in total. The molecule has 6 heteroatoms. The summed E-state index contributed by atoms with van der Waals surface area (Å²) in [6.45, 7) is 1.96. The monoisotopic (exact) mass is 401 g/mol. The number of carbonyl (C=O) groups excluding carboxylic acids is 2. The fourth-order valence-corrected chi connectivity index (χ4v) is 4.81. The van der Waals surface area contributed by atoms with E-state index in [-0.39, 0.29) is 17.1 Å². The molecule has 2 aliphatic carbocycles. The summed E-state index contributed by atoms with van der Waals surface area (Å²) in [5.41, 5.74) is 1.14. The molecule has 3 rings (SSSR count). The van der Waals surface area contributed by atoms with Gasteiger partial charge in [-0.3, -0.25) is 15.0 Å². The van der Waals surface area contributed by atoms with E-state index in [4.69, 9.17) is 12.2 Å². The van der Waals surface area contributed by atoms with Gasteiger partial charge in [-0.1, -0.05) is 56.0 Å². The van der Waals surface area contributed by atoms with Crippen LogP contribution in [0.1, 0.15) is 63.9 Å². The van der Waals surface area contributed by atoms with Crippen LogP contribution in [0.25, 0.3) is 0 Å². The Morgan fingerprint density at radius 3 is 2.04 bits per heavy atom. The predicted molar refractivity (Wildman–Crippen MR) is 115 cm³/mol.